The van der Waals surface area contributed by atoms with Gasteiger partial charge in [-0.2, -0.15) is 0 Å². The molecule has 146 valence electrons. The van der Waals surface area contributed by atoms with Crippen LogP contribution in [0.2, 0.25) is 0 Å². The molecule has 2 unspecified atom stereocenters. The average molecular weight is 363 g/mol. The van der Waals surface area contributed by atoms with Crippen molar-refractivity contribution in [2.24, 2.45) is 0 Å². The van der Waals surface area contributed by atoms with Crippen molar-refractivity contribution >= 4 is 5.97 Å². The molecule has 4 heteroatoms. The van der Waals surface area contributed by atoms with Gasteiger partial charge in [0.2, 0.25) is 0 Å². The van der Waals surface area contributed by atoms with Crippen LogP contribution in [-0.2, 0) is 9.53 Å². The number of aliphatic hydroxyl groups excluding tert-OH is 1. The molecule has 0 aliphatic heterocycles. The fraction of sp³-hybridized carbons (Fsp3) is 0.591. The van der Waals surface area contributed by atoms with Crippen molar-refractivity contribution in [3.05, 3.63) is 42.5 Å². The largest absolute Gasteiger partial charge is 0.486 e. The maximum atomic E-state index is 11.9. The van der Waals surface area contributed by atoms with E-state index in [9.17, 15) is 9.90 Å². The van der Waals surface area contributed by atoms with Gasteiger partial charge >= 0.3 is 5.97 Å². The Kier molecular flexibility index (Phi) is 11.5. The van der Waals surface area contributed by atoms with Crippen LogP contribution in [0.15, 0.2) is 42.5 Å². The second-order valence-electron chi connectivity index (χ2n) is 6.79. The highest BCUT2D eigenvalue weighted by molar-refractivity contribution is 5.87. The fourth-order valence-electron chi connectivity index (χ4n) is 2.77. The topological polar surface area (TPSA) is 55.8 Å². The van der Waals surface area contributed by atoms with Gasteiger partial charge in [-0.15, -0.1) is 0 Å². The smallest absolute Gasteiger partial charge is 0.333 e. The summed E-state index contributed by atoms with van der Waals surface area (Å²) in [6, 6.07) is 9.45. The Balaban J connectivity index is 2.59. The third kappa shape index (κ3) is 9.04. The minimum atomic E-state index is -0.695. The Bertz CT molecular complexity index is 512. The molecule has 0 heterocycles. The molecule has 0 aliphatic carbocycles. The third-order valence-electron chi connectivity index (χ3n) is 4.32. The summed E-state index contributed by atoms with van der Waals surface area (Å²) in [4.78, 5) is 11.9. The SMILES string of the molecule is C=C(C)C(=O)OC(CO)C(CCCCCCCCC)Oc1ccccc1. The first-order chi connectivity index (χ1) is 12.6. The normalized spacial score (nSPS) is 13.0. The van der Waals surface area contributed by atoms with Crippen LogP contribution in [0, 0.1) is 0 Å². The van der Waals surface area contributed by atoms with Gasteiger partial charge in [-0.3, -0.25) is 0 Å². The number of hydrogen-bond acceptors (Lipinski definition) is 4. The van der Waals surface area contributed by atoms with Crippen LogP contribution in [0.25, 0.3) is 0 Å². The van der Waals surface area contributed by atoms with E-state index in [0.717, 1.165) is 19.3 Å². The summed E-state index contributed by atoms with van der Waals surface area (Å²) >= 11 is 0. The quantitative estimate of drug-likeness (QED) is 0.286. The van der Waals surface area contributed by atoms with Crippen molar-refractivity contribution in [3.8, 4) is 5.75 Å². The summed E-state index contributed by atoms with van der Waals surface area (Å²) in [5.41, 5.74) is 0.317. The average Bonchev–Trinajstić information content (AvgIpc) is 2.65. The Labute approximate surface area is 158 Å². The molecule has 26 heavy (non-hydrogen) atoms. The molecule has 0 saturated heterocycles. The van der Waals surface area contributed by atoms with Crippen LogP contribution in [-0.4, -0.2) is 29.9 Å². The predicted octanol–water partition coefficient (Wildman–Crippen LogP) is 5.05. The summed E-state index contributed by atoms with van der Waals surface area (Å²) in [6.45, 7) is 7.14. The molecule has 0 spiro atoms. The van der Waals surface area contributed by atoms with Crippen molar-refractivity contribution in [1.29, 1.82) is 0 Å². The second-order valence-corrected chi connectivity index (χ2v) is 6.79. The molecular formula is C22H34O4. The van der Waals surface area contributed by atoms with Gasteiger partial charge < -0.3 is 14.6 Å². The highest BCUT2D eigenvalue weighted by atomic mass is 16.6. The van der Waals surface area contributed by atoms with Crippen molar-refractivity contribution in [3.63, 3.8) is 0 Å². The molecule has 1 N–H and O–H groups in total. The molecule has 1 aromatic rings. The summed E-state index contributed by atoms with van der Waals surface area (Å²) in [6.07, 6.45) is 8.05. The molecule has 0 amide bonds. The van der Waals surface area contributed by atoms with E-state index in [0.29, 0.717) is 11.3 Å². The minimum absolute atomic E-state index is 0.271. The van der Waals surface area contributed by atoms with Gasteiger partial charge in [-0.25, -0.2) is 4.79 Å². The highest BCUT2D eigenvalue weighted by Crippen LogP contribution is 2.20. The molecule has 0 aromatic heterocycles. The van der Waals surface area contributed by atoms with Gasteiger partial charge in [-0.05, 0) is 31.9 Å². The fourth-order valence-corrected chi connectivity index (χ4v) is 2.77. The Morgan fingerprint density at radius 2 is 1.65 bits per heavy atom. The van der Waals surface area contributed by atoms with Gasteiger partial charge in [0.25, 0.3) is 0 Å². The van der Waals surface area contributed by atoms with Crippen LogP contribution in [0.3, 0.4) is 0 Å². The lowest BCUT2D eigenvalue weighted by Crippen LogP contribution is -2.38. The lowest BCUT2D eigenvalue weighted by molar-refractivity contribution is -0.152. The monoisotopic (exact) mass is 362 g/mol. The Hall–Kier alpha value is -1.81. The van der Waals surface area contributed by atoms with Crippen molar-refractivity contribution in [2.45, 2.75) is 77.4 Å². The zero-order valence-electron chi connectivity index (χ0n) is 16.3. The van der Waals surface area contributed by atoms with Crippen molar-refractivity contribution < 1.29 is 19.4 Å². The van der Waals surface area contributed by atoms with Crippen LogP contribution in [0.4, 0.5) is 0 Å². The molecule has 4 nitrogen and oxygen atoms in total. The summed E-state index contributed by atoms with van der Waals surface area (Å²) in [7, 11) is 0. The first kappa shape index (κ1) is 22.2. The first-order valence-corrected chi connectivity index (χ1v) is 9.77. The van der Waals surface area contributed by atoms with Crippen LogP contribution in [0.1, 0.15) is 65.2 Å². The molecule has 0 bridgehead atoms. The summed E-state index contributed by atoms with van der Waals surface area (Å²) in [5.74, 6) is 0.218. The third-order valence-corrected chi connectivity index (χ3v) is 4.32. The Morgan fingerprint density at radius 3 is 2.23 bits per heavy atom. The lowest BCUT2D eigenvalue weighted by atomic mass is 10.0. The molecular weight excluding hydrogens is 328 g/mol. The zero-order valence-corrected chi connectivity index (χ0v) is 16.3. The number of rotatable bonds is 14. The molecule has 2 atom stereocenters. The number of unbranched alkanes of at least 4 members (excludes halogenated alkanes) is 6. The van der Waals surface area contributed by atoms with Crippen molar-refractivity contribution in [1.82, 2.24) is 0 Å². The van der Waals surface area contributed by atoms with E-state index < -0.39 is 12.1 Å². The first-order valence-electron chi connectivity index (χ1n) is 9.77. The molecule has 0 radical (unpaired) electrons. The number of benzene rings is 1. The van der Waals surface area contributed by atoms with Gasteiger partial charge in [0, 0.05) is 5.57 Å². The molecule has 0 fully saturated rings. The number of ether oxygens (including phenoxy) is 2. The standard InChI is InChI=1S/C22H34O4/c1-4-5-6-7-8-9-13-16-20(25-19-14-11-10-12-15-19)21(17-23)26-22(24)18(2)3/h10-12,14-15,20-21,23H,2,4-9,13,16-17H2,1,3H3. The number of esters is 1. The van der Waals surface area contributed by atoms with Gasteiger partial charge in [-0.1, -0.05) is 70.2 Å². The molecule has 0 aliphatic rings. The van der Waals surface area contributed by atoms with Crippen LogP contribution < -0.4 is 4.74 Å². The van der Waals surface area contributed by atoms with Crippen LogP contribution >= 0.6 is 0 Å². The summed E-state index contributed by atoms with van der Waals surface area (Å²) < 4.78 is 11.4. The number of carbonyl (C=O) groups excluding carboxylic acids is 1. The maximum absolute atomic E-state index is 11.9. The van der Waals surface area contributed by atoms with E-state index in [-0.39, 0.29) is 12.7 Å². The van der Waals surface area contributed by atoms with Gasteiger partial charge in [0.05, 0.1) is 6.61 Å². The molecule has 1 aromatic carbocycles. The minimum Gasteiger partial charge on any atom is -0.486 e. The number of para-hydroxylation sites is 1. The number of carbonyl (C=O) groups is 1. The van der Waals surface area contributed by atoms with E-state index in [4.69, 9.17) is 9.47 Å². The zero-order chi connectivity index (χ0) is 19.2. The van der Waals surface area contributed by atoms with E-state index in [2.05, 4.69) is 13.5 Å². The predicted molar refractivity (Wildman–Crippen MR) is 105 cm³/mol. The highest BCUT2D eigenvalue weighted by Gasteiger charge is 2.26. The number of hydrogen-bond donors (Lipinski definition) is 1. The van der Waals surface area contributed by atoms with E-state index in [1.165, 1.54) is 32.1 Å². The van der Waals surface area contributed by atoms with E-state index in [1.807, 2.05) is 30.3 Å². The van der Waals surface area contributed by atoms with Crippen LogP contribution in [0.5, 0.6) is 5.75 Å². The maximum Gasteiger partial charge on any atom is 0.333 e. The lowest BCUT2D eigenvalue weighted by Gasteiger charge is -2.26. The second kappa shape index (κ2) is 13.4. The van der Waals surface area contributed by atoms with Gasteiger partial charge in [0.15, 0.2) is 6.10 Å². The molecule has 0 saturated carbocycles. The number of aliphatic hydroxyl groups is 1. The molecule has 1 rings (SSSR count). The van der Waals surface area contributed by atoms with Crippen molar-refractivity contribution in [2.75, 3.05) is 6.61 Å². The Morgan fingerprint density at radius 1 is 1.04 bits per heavy atom. The van der Waals surface area contributed by atoms with Gasteiger partial charge in [0.1, 0.15) is 11.9 Å². The summed E-state index contributed by atoms with van der Waals surface area (Å²) in [5, 5.41) is 9.72. The van der Waals surface area contributed by atoms with E-state index >= 15 is 0 Å². The van der Waals surface area contributed by atoms with E-state index in [1.54, 1.807) is 6.92 Å².